The van der Waals surface area contributed by atoms with Gasteiger partial charge in [0.05, 0.1) is 0 Å². The smallest absolute Gasteiger partial charge is 0.00348 e. The average Bonchev–Trinajstić information content (AvgIpc) is 2.03. The van der Waals surface area contributed by atoms with Crippen LogP contribution >= 0.6 is 15.9 Å². The van der Waals surface area contributed by atoms with Gasteiger partial charge in [-0.3, -0.25) is 0 Å². The summed E-state index contributed by atoms with van der Waals surface area (Å²) in [5, 5.41) is 0. The number of hydrogen-bond donors (Lipinski definition) is 0. The van der Waals surface area contributed by atoms with Crippen LogP contribution in [0.25, 0.3) is 0 Å². The highest BCUT2D eigenvalue weighted by Gasteiger charge is 1.94. The largest absolute Gasteiger partial charge is 0.0885 e. The molecule has 0 nitrogen and oxygen atoms in total. The van der Waals surface area contributed by atoms with Crippen LogP contribution in [0.15, 0.2) is 35.3 Å². The minimum Gasteiger partial charge on any atom is -0.0885 e. The van der Waals surface area contributed by atoms with E-state index >= 15 is 0 Å². The van der Waals surface area contributed by atoms with Crippen molar-refractivity contribution in [2.24, 2.45) is 0 Å². The van der Waals surface area contributed by atoms with Crippen molar-refractivity contribution in [3.05, 3.63) is 46.5 Å². The van der Waals surface area contributed by atoms with Crippen molar-refractivity contribution >= 4 is 15.9 Å². The molecule has 1 heteroatoms. The Kier molecular flexibility index (Phi) is 3.54. The Bertz CT molecular complexity index is 276. The van der Waals surface area contributed by atoms with Gasteiger partial charge in [0.15, 0.2) is 0 Å². The lowest BCUT2D eigenvalue weighted by molar-refractivity contribution is 1.12. The van der Waals surface area contributed by atoms with E-state index in [-0.39, 0.29) is 0 Å². The van der Waals surface area contributed by atoms with Gasteiger partial charge in [-0.1, -0.05) is 53.7 Å². The molecular weight excluding hydrogens is 212 g/mol. The summed E-state index contributed by atoms with van der Waals surface area (Å²) in [6, 6.07) is 8.61. The van der Waals surface area contributed by atoms with Crippen LogP contribution in [0.3, 0.4) is 0 Å². The molecular formula is C11H13Br. The average molecular weight is 225 g/mol. The van der Waals surface area contributed by atoms with Crippen molar-refractivity contribution in [3.63, 3.8) is 0 Å². The highest BCUT2D eigenvalue weighted by molar-refractivity contribution is 9.11. The molecule has 0 bridgehead atoms. The second-order valence-corrected chi connectivity index (χ2v) is 3.99. The molecule has 0 amide bonds. The van der Waals surface area contributed by atoms with E-state index in [9.17, 15) is 0 Å². The number of halogens is 1. The predicted molar refractivity (Wildman–Crippen MR) is 57.6 cm³/mol. The van der Waals surface area contributed by atoms with Crippen molar-refractivity contribution in [1.29, 1.82) is 0 Å². The molecule has 0 saturated carbocycles. The lowest BCUT2D eigenvalue weighted by Gasteiger charge is -2.01. The van der Waals surface area contributed by atoms with Gasteiger partial charge in [-0.25, -0.2) is 0 Å². The summed E-state index contributed by atoms with van der Waals surface area (Å²) in [5.74, 6) is 0. The third-order valence-corrected chi connectivity index (χ3v) is 2.08. The highest BCUT2D eigenvalue weighted by atomic mass is 79.9. The first-order chi connectivity index (χ1) is 5.72. The maximum absolute atomic E-state index is 3.82. The molecule has 0 aliphatic carbocycles. The van der Waals surface area contributed by atoms with Crippen LogP contribution < -0.4 is 0 Å². The molecule has 0 fully saturated rings. The van der Waals surface area contributed by atoms with Crippen LogP contribution in [-0.2, 0) is 12.8 Å². The normalized spacial score (nSPS) is 9.83. The Labute approximate surface area is 82.4 Å². The van der Waals surface area contributed by atoms with E-state index in [1.807, 2.05) is 0 Å². The van der Waals surface area contributed by atoms with Crippen LogP contribution in [0.5, 0.6) is 0 Å². The highest BCUT2D eigenvalue weighted by Crippen LogP contribution is 2.13. The number of benzene rings is 1. The molecule has 0 aromatic heterocycles. The Balaban J connectivity index is 2.79. The van der Waals surface area contributed by atoms with Crippen LogP contribution in [-0.4, -0.2) is 0 Å². The van der Waals surface area contributed by atoms with E-state index in [4.69, 9.17) is 0 Å². The van der Waals surface area contributed by atoms with Crippen molar-refractivity contribution in [2.75, 3.05) is 0 Å². The van der Waals surface area contributed by atoms with E-state index in [0.717, 1.165) is 17.3 Å². The van der Waals surface area contributed by atoms with Gasteiger partial charge in [0, 0.05) is 6.42 Å². The second kappa shape index (κ2) is 4.46. The van der Waals surface area contributed by atoms with Crippen LogP contribution in [0.4, 0.5) is 0 Å². The number of hydrogen-bond acceptors (Lipinski definition) is 0. The van der Waals surface area contributed by atoms with Gasteiger partial charge in [-0.2, -0.15) is 0 Å². The standard InChI is InChI=1S/C11H13Br/c1-3-10-5-4-6-11(8-10)7-9(2)12/h4-6,8H,2-3,7H2,1H3. The quantitative estimate of drug-likeness (QED) is 0.735. The zero-order chi connectivity index (χ0) is 8.97. The van der Waals surface area contributed by atoms with E-state index in [2.05, 4.69) is 53.7 Å². The number of aryl methyl sites for hydroxylation is 1. The molecule has 0 aliphatic rings. The van der Waals surface area contributed by atoms with E-state index in [1.54, 1.807) is 0 Å². The Hall–Kier alpha value is -0.560. The zero-order valence-corrected chi connectivity index (χ0v) is 8.89. The van der Waals surface area contributed by atoms with Crippen LogP contribution in [0, 0.1) is 0 Å². The number of allylic oxidation sites excluding steroid dienone is 1. The summed E-state index contributed by atoms with van der Waals surface area (Å²) in [6.45, 7) is 5.99. The number of rotatable bonds is 3. The lowest BCUT2D eigenvalue weighted by Crippen LogP contribution is -1.86. The first-order valence-corrected chi connectivity index (χ1v) is 4.92. The lowest BCUT2D eigenvalue weighted by atomic mass is 10.1. The van der Waals surface area contributed by atoms with E-state index in [1.165, 1.54) is 11.1 Å². The maximum atomic E-state index is 3.82. The van der Waals surface area contributed by atoms with E-state index in [0.29, 0.717) is 0 Å². The van der Waals surface area contributed by atoms with Gasteiger partial charge < -0.3 is 0 Å². The summed E-state index contributed by atoms with van der Waals surface area (Å²) in [6.07, 6.45) is 2.02. The SMILES string of the molecule is C=C(Br)Cc1cccc(CC)c1. The summed E-state index contributed by atoms with van der Waals surface area (Å²) in [4.78, 5) is 0. The van der Waals surface area contributed by atoms with Gasteiger partial charge in [-0.05, 0) is 22.0 Å². The first kappa shape index (κ1) is 9.53. The molecule has 1 rings (SSSR count). The first-order valence-electron chi connectivity index (χ1n) is 4.13. The van der Waals surface area contributed by atoms with Gasteiger partial charge in [0.2, 0.25) is 0 Å². The second-order valence-electron chi connectivity index (χ2n) is 2.87. The molecule has 0 radical (unpaired) electrons. The van der Waals surface area contributed by atoms with Gasteiger partial charge in [0.25, 0.3) is 0 Å². The molecule has 12 heavy (non-hydrogen) atoms. The van der Waals surface area contributed by atoms with Crippen LogP contribution in [0.2, 0.25) is 0 Å². The van der Waals surface area contributed by atoms with Crippen molar-refractivity contribution < 1.29 is 0 Å². The topological polar surface area (TPSA) is 0 Å². The minimum atomic E-state index is 0.924. The molecule has 0 saturated heterocycles. The minimum absolute atomic E-state index is 0.924. The summed E-state index contributed by atoms with van der Waals surface area (Å²) in [5.41, 5.74) is 2.72. The fraction of sp³-hybridized carbons (Fsp3) is 0.273. The zero-order valence-electron chi connectivity index (χ0n) is 7.31. The fourth-order valence-corrected chi connectivity index (χ4v) is 1.50. The Morgan fingerprint density at radius 1 is 1.42 bits per heavy atom. The molecule has 0 N–H and O–H groups in total. The molecule has 1 aromatic rings. The molecule has 1 aromatic carbocycles. The van der Waals surface area contributed by atoms with Crippen molar-refractivity contribution in [2.45, 2.75) is 19.8 Å². The summed E-state index contributed by atoms with van der Waals surface area (Å²) >= 11 is 3.36. The third-order valence-electron chi connectivity index (χ3n) is 1.80. The summed E-state index contributed by atoms with van der Waals surface area (Å²) < 4.78 is 1.04. The van der Waals surface area contributed by atoms with Crippen LogP contribution in [0.1, 0.15) is 18.1 Å². The third kappa shape index (κ3) is 2.82. The molecule has 0 heterocycles. The Morgan fingerprint density at radius 3 is 2.67 bits per heavy atom. The van der Waals surface area contributed by atoms with Crippen molar-refractivity contribution in [1.82, 2.24) is 0 Å². The molecule has 0 unspecified atom stereocenters. The molecule has 0 aliphatic heterocycles. The monoisotopic (exact) mass is 224 g/mol. The van der Waals surface area contributed by atoms with Crippen molar-refractivity contribution in [3.8, 4) is 0 Å². The molecule has 0 atom stereocenters. The molecule has 64 valence electrons. The van der Waals surface area contributed by atoms with Gasteiger partial charge in [0.1, 0.15) is 0 Å². The fourth-order valence-electron chi connectivity index (χ4n) is 1.18. The van der Waals surface area contributed by atoms with Gasteiger partial charge in [-0.15, -0.1) is 0 Å². The maximum Gasteiger partial charge on any atom is 0.00348 e. The van der Waals surface area contributed by atoms with Gasteiger partial charge >= 0.3 is 0 Å². The Morgan fingerprint density at radius 2 is 2.08 bits per heavy atom. The predicted octanol–water partition coefficient (Wildman–Crippen LogP) is 3.70. The molecule has 0 spiro atoms. The summed E-state index contributed by atoms with van der Waals surface area (Å²) in [7, 11) is 0. The van der Waals surface area contributed by atoms with E-state index < -0.39 is 0 Å².